The SMILES string of the molecule is COC(C)C(C)(O)Cc1cc(C)nn1C. The summed E-state index contributed by atoms with van der Waals surface area (Å²) >= 11 is 0. The number of hydrogen-bond donors (Lipinski definition) is 1. The summed E-state index contributed by atoms with van der Waals surface area (Å²) in [5.74, 6) is 0. The Morgan fingerprint density at radius 3 is 2.67 bits per heavy atom. The molecule has 0 aliphatic rings. The fraction of sp³-hybridized carbons (Fsp3) is 0.727. The first-order valence-corrected chi connectivity index (χ1v) is 5.11. The molecule has 0 amide bonds. The van der Waals surface area contributed by atoms with Gasteiger partial charge in [-0.05, 0) is 26.8 Å². The fourth-order valence-electron chi connectivity index (χ4n) is 1.59. The first kappa shape index (κ1) is 12.2. The number of nitrogens with zero attached hydrogens (tertiary/aromatic N) is 2. The standard InChI is InChI=1S/C11H20N2O2/c1-8-6-10(13(4)12-8)7-11(3,14)9(2)15-5/h6,9,14H,7H2,1-5H3. The lowest BCUT2D eigenvalue weighted by Crippen LogP contribution is -2.41. The van der Waals surface area contributed by atoms with E-state index in [4.69, 9.17) is 4.74 Å². The van der Waals surface area contributed by atoms with E-state index in [1.165, 1.54) is 0 Å². The van der Waals surface area contributed by atoms with Crippen LogP contribution in [0.15, 0.2) is 6.07 Å². The van der Waals surface area contributed by atoms with E-state index in [0.717, 1.165) is 11.4 Å². The molecular formula is C11H20N2O2. The summed E-state index contributed by atoms with van der Waals surface area (Å²) in [6, 6.07) is 1.98. The van der Waals surface area contributed by atoms with Crippen LogP contribution in [0.3, 0.4) is 0 Å². The molecule has 0 bridgehead atoms. The van der Waals surface area contributed by atoms with Crippen LogP contribution >= 0.6 is 0 Å². The summed E-state index contributed by atoms with van der Waals surface area (Å²) in [6.45, 7) is 5.59. The van der Waals surface area contributed by atoms with Gasteiger partial charge in [-0.2, -0.15) is 5.10 Å². The molecule has 1 aromatic rings. The Morgan fingerprint density at radius 1 is 1.67 bits per heavy atom. The van der Waals surface area contributed by atoms with E-state index >= 15 is 0 Å². The van der Waals surface area contributed by atoms with E-state index < -0.39 is 5.60 Å². The minimum absolute atomic E-state index is 0.201. The van der Waals surface area contributed by atoms with Crippen LogP contribution in [0.5, 0.6) is 0 Å². The molecule has 1 N–H and O–H groups in total. The van der Waals surface area contributed by atoms with E-state index in [2.05, 4.69) is 5.10 Å². The molecule has 0 saturated heterocycles. The normalized spacial score (nSPS) is 17.5. The number of aromatic nitrogens is 2. The smallest absolute Gasteiger partial charge is 0.0932 e. The quantitative estimate of drug-likeness (QED) is 0.811. The summed E-state index contributed by atoms with van der Waals surface area (Å²) in [6.07, 6.45) is 0.340. The lowest BCUT2D eigenvalue weighted by molar-refractivity contribution is -0.0724. The Hall–Kier alpha value is -0.870. The Morgan fingerprint density at radius 2 is 2.27 bits per heavy atom. The molecule has 4 heteroatoms. The van der Waals surface area contributed by atoms with E-state index in [1.807, 2.05) is 27.0 Å². The highest BCUT2D eigenvalue weighted by molar-refractivity contribution is 5.11. The van der Waals surface area contributed by atoms with Gasteiger partial charge in [0.15, 0.2) is 0 Å². The molecule has 1 heterocycles. The minimum Gasteiger partial charge on any atom is -0.387 e. The predicted octanol–water partition coefficient (Wildman–Crippen LogP) is 1.06. The number of rotatable bonds is 4. The van der Waals surface area contributed by atoms with Crippen LogP contribution in [0.1, 0.15) is 25.2 Å². The maximum atomic E-state index is 10.2. The highest BCUT2D eigenvalue weighted by atomic mass is 16.5. The van der Waals surface area contributed by atoms with Crippen LogP contribution in [0.4, 0.5) is 0 Å². The van der Waals surface area contributed by atoms with Crippen LogP contribution in [-0.4, -0.2) is 33.7 Å². The molecule has 0 aromatic carbocycles. The van der Waals surface area contributed by atoms with Crippen molar-refractivity contribution in [2.75, 3.05) is 7.11 Å². The summed E-state index contributed by atoms with van der Waals surface area (Å²) in [5, 5.41) is 14.4. The van der Waals surface area contributed by atoms with E-state index in [0.29, 0.717) is 6.42 Å². The van der Waals surface area contributed by atoms with Gasteiger partial charge in [0, 0.05) is 26.3 Å². The third kappa shape index (κ3) is 2.79. The highest BCUT2D eigenvalue weighted by Crippen LogP contribution is 2.19. The summed E-state index contributed by atoms with van der Waals surface area (Å²) in [5.41, 5.74) is 1.12. The van der Waals surface area contributed by atoms with Gasteiger partial charge in [-0.3, -0.25) is 4.68 Å². The number of methoxy groups -OCH3 is 1. The van der Waals surface area contributed by atoms with Gasteiger partial charge in [-0.15, -0.1) is 0 Å². The zero-order valence-corrected chi connectivity index (χ0v) is 10.1. The summed E-state index contributed by atoms with van der Waals surface area (Å²) in [7, 11) is 3.49. The molecule has 2 unspecified atom stereocenters. The Bertz CT molecular complexity index is 331. The number of aliphatic hydroxyl groups is 1. The van der Waals surface area contributed by atoms with E-state index in [9.17, 15) is 5.11 Å². The van der Waals surface area contributed by atoms with Gasteiger partial charge in [-0.25, -0.2) is 0 Å². The molecule has 0 aliphatic carbocycles. The molecule has 0 aliphatic heterocycles. The average molecular weight is 212 g/mol. The van der Waals surface area contributed by atoms with Gasteiger partial charge in [0.05, 0.1) is 17.4 Å². The van der Waals surface area contributed by atoms with Gasteiger partial charge >= 0.3 is 0 Å². The maximum Gasteiger partial charge on any atom is 0.0932 e. The van der Waals surface area contributed by atoms with E-state index in [-0.39, 0.29) is 6.10 Å². The minimum atomic E-state index is -0.866. The lowest BCUT2D eigenvalue weighted by Gasteiger charge is -2.29. The number of aryl methyl sites for hydroxylation is 2. The van der Waals surface area contributed by atoms with Crippen molar-refractivity contribution in [1.29, 1.82) is 0 Å². The second-order valence-electron chi connectivity index (χ2n) is 4.31. The molecule has 4 nitrogen and oxygen atoms in total. The van der Waals surface area contributed by atoms with Crippen molar-refractivity contribution in [3.8, 4) is 0 Å². The van der Waals surface area contributed by atoms with Gasteiger partial charge in [-0.1, -0.05) is 0 Å². The van der Waals surface area contributed by atoms with Gasteiger partial charge < -0.3 is 9.84 Å². The van der Waals surface area contributed by atoms with Crippen molar-refractivity contribution < 1.29 is 9.84 Å². The van der Waals surface area contributed by atoms with Crippen LogP contribution < -0.4 is 0 Å². The molecule has 1 aromatic heterocycles. The van der Waals surface area contributed by atoms with Gasteiger partial charge in [0.25, 0.3) is 0 Å². The van der Waals surface area contributed by atoms with Crippen LogP contribution in [0.25, 0.3) is 0 Å². The third-order valence-electron chi connectivity index (χ3n) is 2.87. The maximum absolute atomic E-state index is 10.2. The third-order valence-corrected chi connectivity index (χ3v) is 2.87. The van der Waals surface area contributed by atoms with Gasteiger partial charge in [0.2, 0.25) is 0 Å². The zero-order chi connectivity index (χ0) is 11.6. The van der Waals surface area contributed by atoms with Crippen molar-refractivity contribution in [3.05, 3.63) is 17.5 Å². The molecule has 15 heavy (non-hydrogen) atoms. The highest BCUT2D eigenvalue weighted by Gasteiger charge is 2.29. The van der Waals surface area contributed by atoms with Crippen LogP contribution in [0, 0.1) is 6.92 Å². The zero-order valence-electron chi connectivity index (χ0n) is 10.1. The first-order valence-electron chi connectivity index (χ1n) is 5.11. The molecule has 0 fully saturated rings. The van der Waals surface area contributed by atoms with Crippen LogP contribution in [0.2, 0.25) is 0 Å². The van der Waals surface area contributed by atoms with Crippen molar-refractivity contribution in [3.63, 3.8) is 0 Å². The molecule has 1 rings (SSSR count). The summed E-state index contributed by atoms with van der Waals surface area (Å²) in [4.78, 5) is 0. The van der Waals surface area contributed by atoms with E-state index in [1.54, 1.807) is 18.7 Å². The Balaban J connectivity index is 2.81. The molecule has 2 atom stereocenters. The Kier molecular flexibility index (Phi) is 3.52. The van der Waals surface area contributed by atoms with Crippen molar-refractivity contribution in [1.82, 2.24) is 9.78 Å². The Labute approximate surface area is 90.9 Å². The second-order valence-corrected chi connectivity index (χ2v) is 4.31. The fourth-order valence-corrected chi connectivity index (χ4v) is 1.59. The first-order chi connectivity index (χ1) is 6.86. The average Bonchev–Trinajstić information content (AvgIpc) is 2.43. The van der Waals surface area contributed by atoms with Crippen LogP contribution in [-0.2, 0) is 18.2 Å². The summed E-state index contributed by atoms with van der Waals surface area (Å²) < 4.78 is 6.95. The number of ether oxygens (including phenoxy) is 1. The van der Waals surface area contributed by atoms with Crippen molar-refractivity contribution >= 4 is 0 Å². The molecule has 0 radical (unpaired) electrons. The van der Waals surface area contributed by atoms with Crippen molar-refractivity contribution in [2.45, 2.75) is 38.9 Å². The molecular weight excluding hydrogens is 192 g/mol. The molecule has 0 saturated carbocycles. The lowest BCUT2D eigenvalue weighted by atomic mass is 9.94. The number of hydrogen-bond acceptors (Lipinski definition) is 3. The monoisotopic (exact) mass is 212 g/mol. The van der Waals surface area contributed by atoms with Gasteiger partial charge in [0.1, 0.15) is 0 Å². The van der Waals surface area contributed by atoms with Crippen molar-refractivity contribution in [2.24, 2.45) is 7.05 Å². The molecule has 0 spiro atoms. The molecule has 86 valence electrons. The largest absolute Gasteiger partial charge is 0.387 e. The predicted molar refractivity (Wildman–Crippen MR) is 58.7 cm³/mol. The topological polar surface area (TPSA) is 47.3 Å². The second kappa shape index (κ2) is 4.33.